The first kappa shape index (κ1) is 23.2. The average Bonchev–Trinajstić information content (AvgIpc) is 2.89. The number of rotatable bonds is 6. The van der Waals surface area contributed by atoms with Gasteiger partial charge in [-0.2, -0.15) is 0 Å². The van der Waals surface area contributed by atoms with Crippen molar-refractivity contribution in [3.8, 4) is 5.75 Å². The first-order valence-corrected chi connectivity index (χ1v) is 12.6. The quantitative estimate of drug-likeness (QED) is 0.400. The zero-order valence-electron chi connectivity index (χ0n) is 19.1. The summed E-state index contributed by atoms with van der Waals surface area (Å²) < 4.78 is 16.0. The number of phenols is 1. The van der Waals surface area contributed by atoms with Crippen LogP contribution in [0.3, 0.4) is 0 Å². The van der Waals surface area contributed by atoms with Crippen LogP contribution in [0.5, 0.6) is 5.75 Å². The average molecular weight is 487 g/mol. The molecular formula is C27H26N4O3S. The molecule has 1 atom stereocenters. The van der Waals surface area contributed by atoms with Crippen LogP contribution in [-0.4, -0.2) is 56.5 Å². The molecule has 1 aliphatic heterocycles. The molecule has 0 spiro atoms. The molecule has 3 aromatic carbocycles. The van der Waals surface area contributed by atoms with E-state index in [1.54, 1.807) is 48.7 Å². The van der Waals surface area contributed by atoms with Gasteiger partial charge in [-0.1, -0.05) is 30.3 Å². The molecule has 0 bridgehead atoms. The van der Waals surface area contributed by atoms with Gasteiger partial charge in [-0.05, 0) is 54.1 Å². The summed E-state index contributed by atoms with van der Waals surface area (Å²) in [6.07, 6.45) is 1.69. The number of pyridine rings is 1. The third kappa shape index (κ3) is 5.40. The molecule has 2 heterocycles. The minimum atomic E-state index is -1.48. The van der Waals surface area contributed by atoms with Crippen LogP contribution in [-0.2, 0) is 17.9 Å². The van der Waals surface area contributed by atoms with Gasteiger partial charge >= 0.3 is 0 Å². The maximum Gasteiger partial charge on any atom is 0.253 e. The number of aromatic nitrogens is 1. The molecule has 1 aliphatic rings. The summed E-state index contributed by atoms with van der Waals surface area (Å²) in [5, 5.41) is 10.6. The van der Waals surface area contributed by atoms with Crippen molar-refractivity contribution >= 4 is 33.9 Å². The van der Waals surface area contributed by atoms with Gasteiger partial charge in [0.25, 0.3) is 5.91 Å². The third-order valence-electron chi connectivity index (χ3n) is 6.11. The van der Waals surface area contributed by atoms with Gasteiger partial charge in [0.2, 0.25) is 4.90 Å². The number of para-hydroxylation sites is 1. The number of fused-ring (bicyclic) bond motifs is 1. The Kier molecular flexibility index (Phi) is 6.85. The lowest BCUT2D eigenvalue weighted by atomic mass is 10.1. The lowest BCUT2D eigenvalue weighted by molar-refractivity contribution is 0.0628. The molecule has 1 unspecified atom stereocenters. The van der Waals surface area contributed by atoms with Gasteiger partial charge in [0.1, 0.15) is 22.6 Å². The van der Waals surface area contributed by atoms with E-state index >= 15 is 0 Å². The zero-order valence-corrected chi connectivity index (χ0v) is 19.9. The van der Waals surface area contributed by atoms with Crippen molar-refractivity contribution in [2.24, 2.45) is 0 Å². The number of carbonyl (C=O) groups excluding carboxylic acids is 1. The number of amides is 1. The Balaban J connectivity index is 1.18. The van der Waals surface area contributed by atoms with Crippen LogP contribution < -0.4 is 4.72 Å². The van der Waals surface area contributed by atoms with Crippen molar-refractivity contribution in [3.63, 3.8) is 0 Å². The molecule has 0 saturated carbocycles. The fourth-order valence-corrected chi connectivity index (χ4v) is 5.28. The van der Waals surface area contributed by atoms with E-state index in [9.17, 15) is 14.5 Å². The predicted molar refractivity (Wildman–Crippen MR) is 138 cm³/mol. The van der Waals surface area contributed by atoms with Gasteiger partial charge in [-0.25, -0.2) is 4.72 Å². The second-order valence-corrected chi connectivity index (χ2v) is 9.70. The number of piperazine rings is 1. The summed E-state index contributed by atoms with van der Waals surface area (Å²) in [6, 6.07) is 23.8. The molecule has 8 heteroatoms. The van der Waals surface area contributed by atoms with Crippen LogP contribution in [0.4, 0.5) is 5.69 Å². The number of aromatic hydroxyl groups is 1. The van der Waals surface area contributed by atoms with Gasteiger partial charge in [0, 0.05) is 49.9 Å². The van der Waals surface area contributed by atoms with Crippen LogP contribution in [0.25, 0.3) is 10.9 Å². The van der Waals surface area contributed by atoms with Crippen LogP contribution in [0.1, 0.15) is 15.9 Å². The van der Waals surface area contributed by atoms with E-state index in [2.05, 4.69) is 14.6 Å². The van der Waals surface area contributed by atoms with E-state index in [-0.39, 0.29) is 11.7 Å². The minimum absolute atomic E-state index is 0.00654. The van der Waals surface area contributed by atoms with E-state index in [0.29, 0.717) is 34.8 Å². The summed E-state index contributed by atoms with van der Waals surface area (Å²) in [5.74, 6) is 0.264. The molecule has 0 radical (unpaired) electrons. The predicted octanol–water partition coefficient (Wildman–Crippen LogP) is 4.03. The molecule has 2 N–H and O–H groups in total. The van der Waals surface area contributed by atoms with Crippen LogP contribution in [0.15, 0.2) is 90.0 Å². The van der Waals surface area contributed by atoms with E-state index < -0.39 is 11.4 Å². The Morgan fingerprint density at radius 1 is 0.971 bits per heavy atom. The van der Waals surface area contributed by atoms with Gasteiger partial charge in [0.15, 0.2) is 0 Å². The summed E-state index contributed by atoms with van der Waals surface area (Å²) in [6.45, 7) is 3.60. The van der Waals surface area contributed by atoms with Crippen molar-refractivity contribution in [2.45, 2.75) is 11.4 Å². The Bertz CT molecular complexity index is 1320. The number of phenolic OH excluding ortho intramolecular Hbond substituents is 1. The fraction of sp³-hybridized carbons (Fsp3) is 0.185. The van der Waals surface area contributed by atoms with Crippen molar-refractivity contribution in [1.29, 1.82) is 0 Å². The molecule has 1 fully saturated rings. The second kappa shape index (κ2) is 10.4. The SMILES string of the molecule is O=C(c1ccc(N[S+]([O-])c2cccc3cccnc23)cc1)N1CCN(Cc2cccc(O)c2)CC1. The maximum atomic E-state index is 13.0. The van der Waals surface area contributed by atoms with Crippen molar-refractivity contribution in [2.75, 3.05) is 30.9 Å². The number of hydrogen-bond donors (Lipinski definition) is 2. The first-order chi connectivity index (χ1) is 17.1. The normalized spacial score (nSPS) is 15.2. The standard InChI is InChI=1S/C27H26N4O3S/c32-24-7-1-4-20(18-24)19-30-14-16-31(17-15-30)27(33)22-9-11-23(12-10-22)29-35(34)25-8-2-5-21-6-3-13-28-26(21)25/h1-13,18,29,32H,14-17,19H2. The largest absolute Gasteiger partial charge is 0.588 e. The zero-order chi connectivity index (χ0) is 24.2. The number of nitrogens with one attached hydrogen (secondary N) is 1. The maximum absolute atomic E-state index is 13.0. The summed E-state index contributed by atoms with van der Waals surface area (Å²) in [4.78, 5) is 22.1. The fourth-order valence-electron chi connectivity index (χ4n) is 4.27. The second-order valence-electron chi connectivity index (χ2n) is 8.52. The van der Waals surface area contributed by atoms with Gasteiger partial charge < -0.3 is 14.6 Å². The minimum Gasteiger partial charge on any atom is -0.588 e. The number of benzene rings is 3. The molecule has 7 nitrogen and oxygen atoms in total. The van der Waals surface area contributed by atoms with Crippen LogP contribution >= 0.6 is 0 Å². The summed E-state index contributed by atoms with van der Waals surface area (Å²) in [5.41, 5.74) is 3.04. The Hall–Kier alpha value is -3.59. The molecule has 178 valence electrons. The smallest absolute Gasteiger partial charge is 0.253 e. The molecule has 4 aromatic rings. The molecule has 35 heavy (non-hydrogen) atoms. The van der Waals surface area contributed by atoms with Crippen LogP contribution in [0, 0.1) is 0 Å². The van der Waals surface area contributed by atoms with E-state index in [4.69, 9.17) is 0 Å². The first-order valence-electron chi connectivity index (χ1n) is 11.5. The van der Waals surface area contributed by atoms with E-state index in [0.717, 1.165) is 30.6 Å². The highest BCUT2D eigenvalue weighted by molar-refractivity contribution is 7.93. The van der Waals surface area contributed by atoms with Crippen molar-refractivity contribution in [3.05, 3.63) is 96.2 Å². The van der Waals surface area contributed by atoms with Crippen molar-refractivity contribution in [1.82, 2.24) is 14.8 Å². The molecule has 1 saturated heterocycles. The van der Waals surface area contributed by atoms with Gasteiger partial charge in [0.05, 0.1) is 5.69 Å². The van der Waals surface area contributed by atoms with Gasteiger partial charge in [-0.3, -0.25) is 14.7 Å². The number of hydrogen-bond acceptors (Lipinski definition) is 6. The lowest BCUT2D eigenvalue weighted by Crippen LogP contribution is -2.48. The monoisotopic (exact) mass is 486 g/mol. The number of carbonyl (C=O) groups is 1. The topological polar surface area (TPSA) is 91.8 Å². The summed E-state index contributed by atoms with van der Waals surface area (Å²) >= 11 is -1.48. The molecule has 1 amide bonds. The van der Waals surface area contributed by atoms with Gasteiger partial charge in [-0.15, -0.1) is 0 Å². The molecule has 0 aliphatic carbocycles. The number of anilines is 1. The van der Waals surface area contributed by atoms with E-state index in [1.165, 1.54) is 0 Å². The highest BCUT2D eigenvalue weighted by atomic mass is 32.2. The third-order valence-corrected chi connectivity index (χ3v) is 7.26. The Morgan fingerprint density at radius 2 is 1.71 bits per heavy atom. The Labute approximate surface area is 207 Å². The molecule has 5 rings (SSSR count). The Morgan fingerprint density at radius 3 is 2.49 bits per heavy atom. The molecule has 1 aromatic heterocycles. The summed E-state index contributed by atoms with van der Waals surface area (Å²) in [7, 11) is 0. The number of nitrogens with zero attached hydrogens (tertiary/aromatic N) is 3. The lowest BCUT2D eigenvalue weighted by Gasteiger charge is -2.34. The van der Waals surface area contributed by atoms with Crippen molar-refractivity contribution < 1.29 is 14.5 Å². The molecular weight excluding hydrogens is 460 g/mol. The highest BCUT2D eigenvalue weighted by Gasteiger charge is 2.23. The van der Waals surface area contributed by atoms with E-state index in [1.807, 2.05) is 41.3 Å². The highest BCUT2D eigenvalue weighted by Crippen LogP contribution is 2.24. The van der Waals surface area contributed by atoms with Crippen LogP contribution in [0.2, 0.25) is 0 Å².